The van der Waals surface area contributed by atoms with E-state index in [1.807, 2.05) is 0 Å². The molecular weight excluding hydrogens is 298 g/mol. The lowest BCUT2D eigenvalue weighted by Crippen LogP contribution is -2.38. The fourth-order valence-electron chi connectivity index (χ4n) is 1.53. The summed E-state index contributed by atoms with van der Waals surface area (Å²) in [5, 5.41) is 3.48. The molecule has 0 bridgehead atoms. The first kappa shape index (κ1) is 15.2. The molecule has 1 unspecified atom stereocenters. The third-order valence-electron chi connectivity index (χ3n) is 2.29. The van der Waals surface area contributed by atoms with Gasteiger partial charge in [0, 0.05) is 10.9 Å². The molecule has 0 aromatic carbocycles. The molecule has 1 aromatic heterocycles. The van der Waals surface area contributed by atoms with Crippen molar-refractivity contribution in [2.45, 2.75) is 45.8 Å². The van der Waals surface area contributed by atoms with Crippen molar-refractivity contribution in [1.82, 2.24) is 5.32 Å². The van der Waals surface area contributed by atoms with Gasteiger partial charge in [-0.15, -0.1) is 11.3 Å². The fraction of sp³-hybridized carbons (Fsp3) is 0.692. The number of ether oxygens (including phenoxy) is 1. The highest BCUT2D eigenvalue weighted by Gasteiger charge is 2.15. The molecule has 2 nitrogen and oxygen atoms in total. The monoisotopic (exact) mass is 319 g/mol. The fourth-order valence-corrected chi connectivity index (χ4v) is 3.10. The minimum Gasteiger partial charge on any atom is -0.374 e. The Labute approximate surface area is 117 Å². The van der Waals surface area contributed by atoms with Crippen molar-refractivity contribution in [1.29, 1.82) is 0 Å². The molecule has 1 aromatic rings. The zero-order chi connectivity index (χ0) is 12.9. The summed E-state index contributed by atoms with van der Waals surface area (Å²) >= 11 is 5.30. The topological polar surface area (TPSA) is 21.3 Å². The van der Waals surface area contributed by atoms with Gasteiger partial charge < -0.3 is 10.1 Å². The third kappa shape index (κ3) is 6.55. The van der Waals surface area contributed by atoms with E-state index in [1.54, 1.807) is 11.3 Å². The predicted molar refractivity (Wildman–Crippen MR) is 78.9 cm³/mol. The van der Waals surface area contributed by atoms with E-state index in [2.05, 4.69) is 61.1 Å². The number of hydrogen-bond donors (Lipinski definition) is 1. The molecule has 0 saturated carbocycles. The second kappa shape index (κ2) is 6.88. The minimum atomic E-state index is -0.0658. The van der Waals surface area contributed by atoms with Crippen molar-refractivity contribution >= 4 is 27.3 Å². The van der Waals surface area contributed by atoms with Gasteiger partial charge in [-0.2, -0.15) is 0 Å². The van der Waals surface area contributed by atoms with Crippen LogP contribution >= 0.6 is 27.3 Å². The summed E-state index contributed by atoms with van der Waals surface area (Å²) in [4.78, 5) is 1.39. The van der Waals surface area contributed by atoms with Crippen molar-refractivity contribution in [2.75, 3.05) is 13.2 Å². The molecule has 1 heterocycles. The average Bonchev–Trinajstić information content (AvgIpc) is 2.60. The van der Waals surface area contributed by atoms with Crippen LogP contribution in [0, 0.1) is 0 Å². The van der Waals surface area contributed by atoms with Crippen LogP contribution in [-0.4, -0.2) is 24.8 Å². The molecule has 0 fully saturated rings. The van der Waals surface area contributed by atoms with Gasteiger partial charge >= 0.3 is 0 Å². The molecule has 0 saturated heterocycles. The maximum absolute atomic E-state index is 5.85. The van der Waals surface area contributed by atoms with E-state index in [-0.39, 0.29) is 5.60 Å². The van der Waals surface area contributed by atoms with E-state index in [0.717, 1.165) is 19.6 Å². The van der Waals surface area contributed by atoms with Gasteiger partial charge in [-0.25, -0.2) is 0 Å². The smallest absolute Gasteiger partial charge is 0.0701 e. The second-order valence-corrected chi connectivity index (χ2v) is 7.64. The Bertz CT molecular complexity index is 332. The van der Waals surface area contributed by atoms with Crippen molar-refractivity contribution in [3.8, 4) is 0 Å². The van der Waals surface area contributed by atoms with Crippen LogP contribution < -0.4 is 5.32 Å². The van der Waals surface area contributed by atoms with Crippen LogP contribution in [0.2, 0.25) is 0 Å². The van der Waals surface area contributed by atoms with Crippen molar-refractivity contribution in [3.05, 3.63) is 20.8 Å². The quantitative estimate of drug-likeness (QED) is 0.860. The molecule has 4 heteroatoms. The van der Waals surface area contributed by atoms with Gasteiger partial charge in [0.05, 0.1) is 16.0 Å². The molecule has 0 aliphatic rings. The highest BCUT2D eigenvalue weighted by Crippen LogP contribution is 2.23. The van der Waals surface area contributed by atoms with Gasteiger partial charge in [0.1, 0.15) is 0 Å². The minimum absolute atomic E-state index is 0.0658. The summed E-state index contributed by atoms with van der Waals surface area (Å²) in [6, 6.07) is 4.67. The number of likely N-dealkylation sites (N-methyl/N-ethyl adjacent to an activating group) is 1. The normalized spacial score (nSPS) is 13.9. The van der Waals surface area contributed by atoms with Crippen LogP contribution in [0.25, 0.3) is 0 Å². The van der Waals surface area contributed by atoms with E-state index >= 15 is 0 Å². The third-order valence-corrected chi connectivity index (χ3v) is 3.93. The van der Waals surface area contributed by atoms with Crippen molar-refractivity contribution < 1.29 is 4.74 Å². The SMILES string of the molecule is CCNC(COC(C)(C)C)Cc1ccc(Br)s1. The Morgan fingerprint density at radius 1 is 1.41 bits per heavy atom. The predicted octanol–water partition coefficient (Wildman–Crippen LogP) is 3.85. The summed E-state index contributed by atoms with van der Waals surface area (Å²) in [7, 11) is 0. The maximum Gasteiger partial charge on any atom is 0.0701 e. The van der Waals surface area contributed by atoms with Crippen molar-refractivity contribution in [3.63, 3.8) is 0 Å². The first-order valence-electron chi connectivity index (χ1n) is 6.02. The van der Waals surface area contributed by atoms with Gasteiger partial charge in [0.2, 0.25) is 0 Å². The Hall–Kier alpha value is 0.1000. The van der Waals surface area contributed by atoms with E-state index in [9.17, 15) is 0 Å². The van der Waals surface area contributed by atoms with E-state index in [0.29, 0.717) is 6.04 Å². The molecule has 1 rings (SSSR count). The van der Waals surface area contributed by atoms with E-state index < -0.39 is 0 Å². The average molecular weight is 320 g/mol. The molecule has 17 heavy (non-hydrogen) atoms. The zero-order valence-electron chi connectivity index (χ0n) is 11.0. The Kier molecular flexibility index (Phi) is 6.13. The van der Waals surface area contributed by atoms with Crippen LogP contribution in [0.3, 0.4) is 0 Å². The lowest BCUT2D eigenvalue weighted by Gasteiger charge is -2.24. The highest BCUT2D eigenvalue weighted by molar-refractivity contribution is 9.11. The molecule has 0 radical (unpaired) electrons. The molecule has 1 N–H and O–H groups in total. The molecule has 98 valence electrons. The summed E-state index contributed by atoms with van der Waals surface area (Å²) in [6.45, 7) is 10.2. The Balaban J connectivity index is 2.48. The van der Waals surface area contributed by atoms with Crippen LogP contribution in [0.5, 0.6) is 0 Å². The first-order chi connectivity index (χ1) is 7.90. The lowest BCUT2D eigenvalue weighted by atomic mass is 10.1. The van der Waals surface area contributed by atoms with E-state index in [4.69, 9.17) is 4.74 Å². The summed E-state index contributed by atoms with van der Waals surface area (Å²) in [6.07, 6.45) is 1.03. The molecule has 0 spiro atoms. The molecule has 0 amide bonds. The van der Waals surface area contributed by atoms with Crippen LogP contribution in [0.4, 0.5) is 0 Å². The Morgan fingerprint density at radius 2 is 2.12 bits per heavy atom. The molecule has 0 aliphatic heterocycles. The number of rotatable bonds is 6. The second-order valence-electron chi connectivity index (χ2n) is 5.09. The van der Waals surface area contributed by atoms with Gasteiger partial charge in [-0.3, -0.25) is 0 Å². The lowest BCUT2D eigenvalue weighted by molar-refractivity contribution is -0.0140. The van der Waals surface area contributed by atoms with Gasteiger partial charge in [0.25, 0.3) is 0 Å². The Morgan fingerprint density at radius 3 is 2.59 bits per heavy atom. The number of hydrogen-bond acceptors (Lipinski definition) is 3. The first-order valence-corrected chi connectivity index (χ1v) is 7.63. The largest absolute Gasteiger partial charge is 0.374 e. The molecular formula is C13H22BrNOS. The van der Waals surface area contributed by atoms with Gasteiger partial charge in [0.15, 0.2) is 0 Å². The summed E-state index contributed by atoms with van der Waals surface area (Å²) in [5.41, 5.74) is -0.0658. The van der Waals surface area contributed by atoms with Crippen LogP contribution in [0.15, 0.2) is 15.9 Å². The number of halogens is 1. The zero-order valence-corrected chi connectivity index (χ0v) is 13.5. The van der Waals surface area contributed by atoms with Crippen molar-refractivity contribution in [2.24, 2.45) is 0 Å². The molecule has 1 atom stereocenters. The standard InChI is InChI=1S/C13H22BrNOS/c1-5-15-10(9-16-13(2,3)4)8-11-6-7-12(14)17-11/h6-7,10,15H,5,8-9H2,1-4H3. The number of thiophene rings is 1. The maximum atomic E-state index is 5.85. The van der Waals surface area contributed by atoms with Gasteiger partial charge in [-0.1, -0.05) is 6.92 Å². The number of nitrogens with one attached hydrogen (secondary N) is 1. The summed E-state index contributed by atoms with van der Waals surface area (Å²) in [5.74, 6) is 0. The highest BCUT2D eigenvalue weighted by atomic mass is 79.9. The summed E-state index contributed by atoms with van der Waals surface area (Å²) < 4.78 is 7.05. The van der Waals surface area contributed by atoms with Crippen LogP contribution in [-0.2, 0) is 11.2 Å². The van der Waals surface area contributed by atoms with E-state index in [1.165, 1.54) is 8.66 Å². The van der Waals surface area contributed by atoms with Gasteiger partial charge in [-0.05, 0) is 61.8 Å². The molecule has 0 aliphatic carbocycles. The van der Waals surface area contributed by atoms with Crippen LogP contribution in [0.1, 0.15) is 32.6 Å².